The Morgan fingerprint density at radius 1 is 1.26 bits per heavy atom. The number of hydrogen-bond donors (Lipinski definition) is 1. The zero-order valence-corrected chi connectivity index (χ0v) is 19.1. The van der Waals surface area contributed by atoms with Crippen LogP contribution in [0.4, 0.5) is 11.6 Å². The van der Waals surface area contributed by atoms with Crippen molar-refractivity contribution in [1.82, 2.24) is 19.4 Å². The van der Waals surface area contributed by atoms with E-state index in [2.05, 4.69) is 22.1 Å². The molecule has 3 aliphatic rings. The molecule has 0 saturated carbocycles. The highest BCUT2D eigenvalue weighted by Crippen LogP contribution is 2.36. The Labute approximate surface area is 195 Å². The SMILES string of the molecule is CC1=C2COC=C2CC(=O)C1CN1CCc2nc(Nc3ccc4oc(=O)n(C)c4c3)ncc2C1. The average molecular weight is 460 g/mol. The van der Waals surface area contributed by atoms with E-state index in [0.29, 0.717) is 36.6 Å². The van der Waals surface area contributed by atoms with Gasteiger partial charge in [-0.3, -0.25) is 14.3 Å². The van der Waals surface area contributed by atoms with Crippen molar-refractivity contribution in [2.24, 2.45) is 13.0 Å². The largest absolute Gasteiger partial charge is 0.496 e. The van der Waals surface area contributed by atoms with Crippen LogP contribution in [0.2, 0.25) is 0 Å². The van der Waals surface area contributed by atoms with Crippen molar-refractivity contribution in [3.63, 3.8) is 0 Å². The molecule has 0 bridgehead atoms. The lowest BCUT2D eigenvalue weighted by Crippen LogP contribution is -2.39. The van der Waals surface area contributed by atoms with Gasteiger partial charge >= 0.3 is 5.76 Å². The predicted molar refractivity (Wildman–Crippen MR) is 126 cm³/mol. The summed E-state index contributed by atoms with van der Waals surface area (Å²) < 4.78 is 12.1. The van der Waals surface area contributed by atoms with Gasteiger partial charge in [0.2, 0.25) is 5.95 Å². The maximum absolute atomic E-state index is 12.8. The Hall–Kier alpha value is -3.72. The fraction of sp³-hybridized carbons (Fsp3) is 0.360. The number of ketones is 1. The Balaban J connectivity index is 1.17. The molecule has 174 valence electrons. The van der Waals surface area contributed by atoms with Gasteiger partial charge in [-0.15, -0.1) is 0 Å². The van der Waals surface area contributed by atoms with Crippen LogP contribution in [0.1, 0.15) is 24.6 Å². The summed E-state index contributed by atoms with van der Waals surface area (Å²) in [5.74, 6) is 0.318. The number of nitrogens with zero attached hydrogens (tertiary/aromatic N) is 4. The first kappa shape index (κ1) is 20.9. The molecule has 1 unspecified atom stereocenters. The standard InChI is InChI=1S/C25H25N5O4/c1-14-18(22(31)7-15-12-33-13-19(14)15)11-30-6-5-20-16(10-30)9-26-24(28-20)27-17-3-4-23-21(8-17)29(2)25(32)34-23/h3-4,8-9,12,18H,5-7,10-11,13H2,1-2H3,(H,26,27,28). The number of benzene rings is 1. The van der Waals surface area contributed by atoms with Gasteiger partial charge in [-0.1, -0.05) is 5.57 Å². The number of fused-ring (bicyclic) bond motifs is 3. The maximum Gasteiger partial charge on any atom is 0.419 e. The van der Waals surface area contributed by atoms with Crippen LogP contribution in [0.25, 0.3) is 11.1 Å². The first-order valence-electron chi connectivity index (χ1n) is 11.4. The quantitative estimate of drug-likeness (QED) is 0.636. The highest BCUT2D eigenvalue weighted by Gasteiger charge is 2.34. The number of carbonyl (C=O) groups excluding carboxylic acids is 1. The van der Waals surface area contributed by atoms with Crippen LogP contribution < -0.4 is 11.1 Å². The Bertz CT molecular complexity index is 1450. The molecule has 6 rings (SSSR count). The van der Waals surface area contributed by atoms with Crippen molar-refractivity contribution < 1.29 is 13.9 Å². The second kappa shape index (κ2) is 7.95. The minimum atomic E-state index is -0.392. The Morgan fingerprint density at radius 2 is 2.15 bits per heavy atom. The van der Waals surface area contributed by atoms with Crippen molar-refractivity contribution in [3.05, 3.63) is 69.2 Å². The van der Waals surface area contributed by atoms with E-state index in [4.69, 9.17) is 14.1 Å². The number of carbonyl (C=O) groups is 1. The number of Topliss-reactive ketones (excluding diaryl/α,β-unsaturated/α-hetero) is 1. The summed E-state index contributed by atoms with van der Waals surface area (Å²) in [6, 6.07) is 5.44. The third-order valence-corrected chi connectivity index (χ3v) is 7.09. The number of oxazole rings is 1. The molecule has 2 aromatic heterocycles. The molecule has 1 N–H and O–H groups in total. The number of aromatic nitrogens is 3. The third-order valence-electron chi connectivity index (χ3n) is 7.09. The van der Waals surface area contributed by atoms with Crippen LogP contribution in [-0.4, -0.2) is 44.9 Å². The second-order valence-electron chi connectivity index (χ2n) is 9.20. The van der Waals surface area contributed by atoms with Gasteiger partial charge in [-0.2, -0.15) is 0 Å². The normalized spacial score (nSPS) is 20.2. The summed E-state index contributed by atoms with van der Waals surface area (Å²) in [6.45, 7) is 4.94. The van der Waals surface area contributed by atoms with E-state index in [-0.39, 0.29) is 11.7 Å². The molecule has 0 amide bonds. The van der Waals surface area contributed by atoms with Crippen molar-refractivity contribution in [2.45, 2.75) is 26.3 Å². The molecular formula is C25H25N5O4. The van der Waals surface area contributed by atoms with Crippen LogP contribution in [0.15, 0.2) is 56.6 Å². The lowest BCUT2D eigenvalue weighted by atomic mass is 9.80. The molecule has 1 atom stereocenters. The lowest BCUT2D eigenvalue weighted by molar-refractivity contribution is -0.122. The van der Waals surface area contributed by atoms with Crippen LogP contribution in [-0.2, 0) is 29.5 Å². The minimum absolute atomic E-state index is 0.0777. The number of rotatable bonds is 4. The van der Waals surface area contributed by atoms with Crippen molar-refractivity contribution in [2.75, 3.05) is 25.0 Å². The van der Waals surface area contributed by atoms with Crippen LogP contribution in [0.3, 0.4) is 0 Å². The highest BCUT2D eigenvalue weighted by atomic mass is 16.5. The van der Waals surface area contributed by atoms with Crippen LogP contribution in [0.5, 0.6) is 0 Å². The van der Waals surface area contributed by atoms with E-state index in [0.717, 1.165) is 47.6 Å². The molecule has 1 aromatic carbocycles. The number of aryl methyl sites for hydroxylation is 1. The van der Waals surface area contributed by atoms with Crippen LogP contribution >= 0.6 is 0 Å². The fourth-order valence-corrected chi connectivity index (χ4v) is 5.09. The topological polar surface area (TPSA) is 102 Å². The molecule has 2 aliphatic heterocycles. The average Bonchev–Trinajstić information content (AvgIpc) is 3.41. The van der Waals surface area contributed by atoms with E-state index in [9.17, 15) is 9.59 Å². The Kier molecular flexibility index (Phi) is 4.88. The highest BCUT2D eigenvalue weighted by molar-refractivity contribution is 5.89. The van der Waals surface area contributed by atoms with Gasteiger partial charge < -0.3 is 14.5 Å². The van der Waals surface area contributed by atoms with E-state index in [1.165, 1.54) is 10.1 Å². The van der Waals surface area contributed by atoms with Crippen LogP contribution in [0, 0.1) is 5.92 Å². The summed E-state index contributed by atoms with van der Waals surface area (Å²) in [7, 11) is 1.68. The summed E-state index contributed by atoms with van der Waals surface area (Å²) in [5, 5.41) is 3.23. The summed E-state index contributed by atoms with van der Waals surface area (Å²) in [4.78, 5) is 36.1. The van der Waals surface area contributed by atoms with E-state index in [1.54, 1.807) is 19.4 Å². The number of anilines is 2. The van der Waals surface area contributed by atoms with Crippen molar-refractivity contribution in [1.29, 1.82) is 0 Å². The number of ether oxygens (including phenoxy) is 1. The molecule has 3 aromatic rings. The van der Waals surface area contributed by atoms with Gasteiger partial charge in [-0.25, -0.2) is 14.8 Å². The van der Waals surface area contributed by atoms with Gasteiger partial charge in [0.25, 0.3) is 0 Å². The molecule has 0 spiro atoms. The predicted octanol–water partition coefficient (Wildman–Crippen LogP) is 2.84. The first-order valence-corrected chi connectivity index (χ1v) is 11.4. The molecule has 0 radical (unpaired) electrons. The molecule has 0 saturated heterocycles. The molecule has 9 nitrogen and oxygen atoms in total. The molecule has 0 fully saturated rings. The summed E-state index contributed by atoms with van der Waals surface area (Å²) in [6.07, 6.45) is 4.87. The summed E-state index contributed by atoms with van der Waals surface area (Å²) >= 11 is 0. The molecule has 4 heterocycles. The summed E-state index contributed by atoms with van der Waals surface area (Å²) in [5.41, 5.74) is 7.53. The molecule has 1 aliphatic carbocycles. The van der Waals surface area contributed by atoms with Gasteiger partial charge in [0.15, 0.2) is 5.58 Å². The number of nitrogens with one attached hydrogen (secondary N) is 1. The van der Waals surface area contributed by atoms with Gasteiger partial charge in [0, 0.05) is 62.5 Å². The second-order valence-corrected chi connectivity index (χ2v) is 9.20. The number of hydrogen-bond acceptors (Lipinski definition) is 8. The monoisotopic (exact) mass is 459 g/mol. The van der Waals surface area contributed by atoms with E-state index in [1.807, 2.05) is 18.3 Å². The molecule has 34 heavy (non-hydrogen) atoms. The molecule has 9 heteroatoms. The maximum atomic E-state index is 12.8. The van der Waals surface area contributed by atoms with Gasteiger partial charge in [-0.05, 0) is 30.7 Å². The van der Waals surface area contributed by atoms with Gasteiger partial charge in [0.1, 0.15) is 12.4 Å². The van der Waals surface area contributed by atoms with Crippen molar-refractivity contribution in [3.8, 4) is 0 Å². The van der Waals surface area contributed by atoms with Gasteiger partial charge in [0.05, 0.1) is 23.4 Å². The zero-order valence-electron chi connectivity index (χ0n) is 19.1. The Morgan fingerprint density at radius 3 is 3.03 bits per heavy atom. The van der Waals surface area contributed by atoms with E-state index < -0.39 is 5.76 Å². The third kappa shape index (κ3) is 3.52. The van der Waals surface area contributed by atoms with Crippen molar-refractivity contribution >= 4 is 28.5 Å². The first-order chi connectivity index (χ1) is 16.5. The molecular weight excluding hydrogens is 434 g/mol. The smallest absolute Gasteiger partial charge is 0.419 e. The van der Waals surface area contributed by atoms with E-state index >= 15 is 0 Å². The minimum Gasteiger partial charge on any atom is -0.496 e. The zero-order chi connectivity index (χ0) is 23.4. The lowest BCUT2D eigenvalue weighted by Gasteiger charge is -2.33. The fourth-order valence-electron chi connectivity index (χ4n) is 5.09.